The van der Waals surface area contributed by atoms with Crippen LogP contribution in [-0.2, 0) is 6.42 Å². The summed E-state index contributed by atoms with van der Waals surface area (Å²) < 4.78 is 6.76. The zero-order valence-electron chi connectivity index (χ0n) is 13.6. The number of aromatic nitrogens is 1. The van der Waals surface area contributed by atoms with Gasteiger partial charge in [-0.25, -0.2) is 4.98 Å². The molecule has 0 saturated carbocycles. The van der Waals surface area contributed by atoms with E-state index in [0.717, 1.165) is 17.1 Å². The average molecular weight is 368 g/mol. The van der Waals surface area contributed by atoms with Crippen LogP contribution in [0, 0.1) is 6.92 Å². The highest BCUT2D eigenvalue weighted by Gasteiger charge is 2.13. The van der Waals surface area contributed by atoms with Crippen LogP contribution < -0.4 is 5.32 Å². The second kappa shape index (κ2) is 6.82. The van der Waals surface area contributed by atoms with Gasteiger partial charge >= 0.3 is 0 Å². The monoisotopic (exact) mass is 368 g/mol. The normalized spacial score (nSPS) is 11.1. The number of hydrogen-bond acceptors (Lipinski definition) is 5. The number of furan rings is 1. The summed E-state index contributed by atoms with van der Waals surface area (Å²) in [5.41, 5.74) is 2.56. The number of nitrogens with one attached hydrogen (secondary N) is 1. The van der Waals surface area contributed by atoms with Crippen molar-refractivity contribution in [2.45, 2.75) is 13.3 Å². The molecule has 0 fully saturated rings. The lowest BCUT2D eigenvalue weighted by Gasteiger charge is -2.03. The van der Waals surface area contributed by atoms with Crippen LogP contribution in [-0.4, -0.2) is 17.4 Å². The van der Waals surface area contributed by atoms with E-state index in [0.29, 0.717) is 17.9 Å². The summed E-state index contributed by atoms with van der Waals surface area (Å²) in [6.45, 7) is 2.54. The van der Waals surface area contributed by atoms with Crippen molar-refractivity contribution in [3.63, 3.8) is 0 Å². The molecule has 0 spiro atoms. The summed E-state index contributed by atoms with van der Waals surface area (Å²) in [5, 5.41) is 9.29. The molecule has 4 nitrogen and oxygen atoms in total. The molecule has 25 heavy (non-hydrogen) atoms. The number of carbonyl (C=O) groups excluding carboxylic acids is 1. The van der Waals surface area contributed by atoms with Crippen LogP contribution in [0.5, 0.6) is 0 Å². The van der Waals surface area contributed by atoms with Gasteiger partial charge in [-0.3, -0.25) is 4.79 Å². The Morgan fingerprint density at radius 3 is 2.96 bits per heavy atom. The van der Waals surface area contributed by atoms with Gasteiger partial charge in [0.25, 0.3) is 5.91 Å². The van der Waals surface area contributed by atoms with Crippen LogP contribution in [0.2, 0.25) is 0 Å². The second-order valence-electron chi connectivity index (χ2n) is 5.71. The molecule has 0 bridgehead atoms. The molecule has 4 aromatic rings. The lowest BCUT2D eigenvalue weighted by molar-refractivity contribution is 0.0953. The molecule has 1 aromatic carbocycles. The summed E-state index contributed by atoms with van der Waals surface area (Å²) in [6, 6.07) is 10.1. The van der Waals surface area contributed by atoms with Crippen LogP contribution in [0.4, 0.5) is 0 Å². The topological polar surface area (TPSA) is 55.1 Å². The third kappa shape index (κ3) is 3.36. The van der Waals surface area contributed by atoms with E-state index in [-0.39, 0.29) is 5.91 Å². The van der Waals surface area contributed by atoms with Crippen molar-refractivity contribution in [2.24, 2.45) is 0 Å². The summed E-state index contributed by atoms with van der Waals surface area (Å²) in [7, 11) is 0. The minimum absolute atomic E-state index is 0.124. The fraction of sp³-hybridized carbons (Fsp3) is 0.158. The molecule has 3 heterocycles. The van der Waals surface area contributed by atoms with E-state index in [1.165, 1.54) is 21.9 Å². The first-order valence-corrected chi connectivity index (χ1v) is 9.71. The maximum absolute atomic E-state index is 12.3. The number of benzene rings is 1. The van der Waals surface area contributed by atoms with E-state index in [1.807, 2.05) is 24.4 Å². The Kier molecular flexibility index (Phi) is 4.38. The minimum Gasteiger partial charge on any atom is -0.462 e. The fourth-order valence-electron chi connectivity index (χ4n) is 2.71. The summed E-state index contributed by atoms with van der Waals surface area (Å²) in [5.74, 6) is 0.500. The highest BCUT2D eigenvalue weighted by molar-refractivity contribution is 7.17. The minimum atomic E-state index is -0.124. The molecule has 4 rings (SSSR count). The Hall–Kier alpha value is -2.44. The van der Waals surface area contributed by atoms with Gasteiger partial charge < -0.3 is 9.73 Å². The van der Waals surface area contributed by atoms with Crippen molar-refractivity contribution >= 4 is 38.7 Å². The number of aryl methyl sites for hydroxylation is 1. The van der Waals surface area contributed by atoms with Gasteiger partial charge in [-0.05, 0) is 41.8 Å². The van der Waals surface area contributed by atoms with Gasteiger partial charge in [0.2, 0.25) is 0 Å². The molecule has 0 radical (unpaired) electrons. The largest absolute Gasteiger partial charge is 0.462 e. The second-order valence-corrected chi connectivity index (χ2v) is 7.69. The average Bonchev–Trinajstić information content (AvgIpc) is 3.34. The molecule has 1 amide bonds. The molecule has 1 N–H and O–H groups in total. The van der Waals surface area contributed by atoms with E-state index in [9.17, 15) is 4.79 Å². The Morgan fingerprint density at radius 1 is 1.24 bits per heavy atom. The zero-order chi connectivity index (χ0) is 17.2. The summed E-state index contributed by atoms with van der Waals surface area (Å²) in [4.78, 5) is 16.7. The molecule has 0 saturated heterocycles. The Morgan fingerprint density at radius 2 is 2.12 bits per heavy atom. The molecule has 0 aliphatic heterocycles. The molecule has 3 aromatic heterocycles. The highest BCUT2D eigenvalue weighted by atomic mass is 32.1. The number of thiazole rings is 1. The van der Waals surface area contributed by atoms with E-state index in [4.69, 9.17) is 4.42 Å². The number of carbonyl (C=O) groups is 1. The first kappa shape index (κ1) is 16.1. The zero-order valence-corrected chi connectivity index (χ0v) is 15.2. The summed E-state index contributed by atoms with van der Waals surface area (Å²) in [6.07, 6.45) is 2.30. The first-order chi connectivity index (χ1) is 12.2. The number of amides is 1. The molecule has 0 aliphatic rings. The Bertz CT molecular complexity index is 1030. The number of fused-ring (bicyclic) bond motifs is 1. The van der Waals surface area contributed by atoms with Crippen molar-refractivity contribution in [1.29, 1.82) is 0 Å². The van der Waals surface area contributed by atoms with Crippen LogP contribution in [0.1, 0.15) is 20.9 Å². The van der Waals surface area contributed by atoms with Crippen molar-refractivity contribution in [3.8, 4) is 11.5 Å². The van der Waals surface area contributed by atoms with Crippen LogP contribution in [0.3, 0.4) is 0 Å². The standard InChI is InChI=1S/C19H16N2O2S2/c1-12-21-16(11-24-12)17-8-14(9-23-17)19(22)20-7-6-13-10-25-18-5-3-2-4-15(13)18/h2-5,8-11H,6-7H2,1H3,(H,20,22). The lowest BCUT2D eigenvalue weighted by Crippen LogP contribution is -2.25. The van der Waals surface area contributed by atoms with Gasteiger partial charge in [-0.2, -0.15) is 0 Å². The number of thiophene rings is 1. The van der Waals surface area contributed by atoms with Gasteiger partial charge in [0.05, 0.1) is 10.6 Å². The number of rotatable bonds is 5. The SMILES string of the molecule is Cc1nc(-c2cc(C(=O)NCCc3csc4ccccc34)co2)cs1. The highest BCUT2D eigenvalue weighted by Crippen LogP contribution is 2.26. The maximum Gasteiger partial charge on any atom is 0.254 e. The predicted molar refractivity (Wildman–Crippen MR) is 102 cm³/mol. The smallest absolute Gasteiger partial charge is 0.254 e. The number of nitrogens with zero attached hydrogens (tertiary/aromatic N) is 1. The third-order valence-corrected chi connectivity index (χ3v) is 5.76. The van der Waals surface area contributed by atoms with Gasteiger partial charge in [-0.15, -0.1) is 22.7 Å². The van der Waals surface area contributed by atoms with Gasteiger partial charge in [0.15, 0.2) is 5.76 Å². The van der Waals surface area contributed by atoms with Gasteiger partial charge in [-0.1, -0.05) is 18.2 Å². The first-order valence-electron chi connectivity index (χ1n) is 7.95. The quantitative estimate of drug-likeness (QED) is 0.545. The van der Waals surface area contributed by atoms with Crippen LogP contribution >= 0.6 is 22.7 Å². The third-order valence-electron chi connectivity index (χ3n) is 3.97. The lowest BCUT2D eigenvalue weighted by atomic mass is 10.1. The molecule has 0 unspecified atom stereocenters. The Balaban J connectivity index is 1.38. The van der Waals surface area contributed by atoms with Crippen molar-refractivity contribution in [2.75, 3.05) is 6.54 Å². The van der Waals surface area contributed by atoms with Crippen LogP contribution in [0.25, 0.3) is 21.5 Å². The molecular formula is C19H16N2O2S2. The number of hydrogen-bond donors (Lipinski definition) is 1. The molecule has 126 valence electrons. The van der Waals surface area contributed by atoms with E-state index < -0.39 is 0 Å². The maximum atomic E-state index is 12.3. The summed E-state index contributed by atoms with van der Waals surface area (Å²) >= 11 is 3.30. The van der Waals surface area contributed by atoms with Crippen molar-refractivity contribution in [1.82, 2.24) is 10.3 Å². The van der Waals surface area contributed by atoms with Gasteiger partial charge in [0, 0.05) is 16.6 Å². The molecular weight excluding hydrogens is 352 g/mol. The van der Waals surface area contributed by atoms with Crippen molar-refractivity contribution < 1.29 is 9.21 Å². The molecule has 0 aliphatic carbocycles. The van der Waals surface area contributed by atoms with Gasteiger partial charge in [0.1, 0.15) is 12.0 Å². The molecule has 6 heteroatoms. The predicted octanol–water partition coefficient (Wildman–Crippen LogP) is 4.90. The van der Waals surface area contributed by atoms with E-state index in [2.05, 4.69) is 27.8 Å². The Labute approximate surface area is 153 Å². The fourth-order valence-corrected chi connectivity index (χ4v) is 4.30. The molecule has 0 atom stereocenters. The van der Waals surface area contributed by atoms with Crippen LogP contribution in [0.15, 0.2) is 51.8 Å². The van der Waals surface area contributed by atoms with E-state index in [1.54, 1.807) is 28.7 Å². The van der Waals surface area contributed by atoms with Crippen molar-refractivity contribution in [3.05, 3.63) is 63.5 Å². The van der Waals surface area contributed by atoms with E-state index >= 15 is 0 Å².